The second kappa shape index (κ2) is 29.0. The van der Waals surface area contributed by atoms with E-state index < -0.39 is 0 Å². The molecule has 0 unspecified atom stereocenters. The SMILES string of the molecule is C#C.C/C=C\C.CC=C/C(Cc1ccccc1OC)=C(\C)c1ccccc1OC.Cc1ccc(B(c2ccc(N(c3ccc(C(C)(C)C)cc3)c3ccc4ccccc4c3-c3ccccc3)cc2N)c2cc(C(C)(C)C)ccc2N)cc1. The molecule has 5 nitrogen and oxygen atoms in total. The molecule has 82 heavy (non-hydrogen) atoms. The summed E-state index contributed by atoms with van der Waals surface area (Å²) < 4.78 is 11.0. The van der Waals surface area contributed by atoms with Crippen molar-refractivity contribution < 1.29 is 9.47 Å². The number of terminal acetylenes is 1. The van der Waals surface area contributed by atoms with Crippen molar-refractivity contribution >= 4 is 67.9 Å². The first-order chi connectivity index (χ1) is 39.4. The largest absolute Gasteiger partial charge is 0.496 e. The first kappa shape index (κ1) is 62.3. The van der Waals surface area contributed by atoms with Gasteiger partial charge in [-0.1, -0.05) is 229 Å². The van der Waals surface area contributed by atoms with Crippen LogP contribution in [0, 0.1) is 19.8 Å². The van der Waals surface area contributed by atoms with Crippen LogP contribution in [0.15, 0.2) is 230 Å². The Morgan fingerprint density at radius 2 is 1.12 bits per heavy atom. The molecule has 9 rings (SSSR count). The predicted octanol–water partition coefficient (Wildman–Crippen LogP) is 17.7. The maximum Gasteiger partial charge on any atom is 0.246 e. The number of anilines is 5. The number of hydrogen-bond donors (Lipinski definition) is 2. The Hall–Kier alpha value is -8.92. The molecule has 0 saturated carbocycles. The first-order valence-corrected chi connectivity index (χ1v) is 28.2. The van der Waals surface area contributed by atoms with Gasteiger partial charge in [-0.25, -0.2) is 0 Å². The van der Waals surface area contributed by atoms with E-state index in [4.69, 9.17) is 20.9 Å². The van der Waals surface area contributed by atoms with Crippen LogP contribution in [-0.4, -0.2) is 20.9 Å². The zero-order valence-electron chi connectivity index (χ0n) is 50.7. The summed E-state index contributed by atoms with van der Waals surface area (Å²) in [6, 6.07) is 70.9. The Bertz CT molecular complexity index is 3630. The Labute approximate surface area is 492 Å². The fourth-order valence-corrected chi connectivity index (χ4v) is 10.1. The van der Waals surface area contributed by atoms with Gasteiger partial charge in [0.15, 0.2) is 0 Å². The minimum absolute atomic E-state index is 0.0325. The first-order valence-electron chi connectivity index (χ1n) is 28.2. The van der Waals surface area contributed by atoms with E-state index in [1.807, 2.05) is 69.3 Å². The van der Waals surface area contributed by atoms with Gasteiger partial charge in [0.1, 0.15) is 11.5 Å². The lowest BCUT2D eigenvalue weighted by atomic mass is 9.36. The molecule has 4 N–H and O–H groups in total. The van der Waals surface area contributed by atoms with E-state index in [0.717, 1.165) is 68.2 Å². The number of nitrogen functional groups attached to an aromatic ring is 2. The minimum atomic E-state index is -0.146. The summed E-state index contributed by atoms with van der Waals surface area (Å²) in [6.07, 6.45) is 17.1. The number of fused-ring (bicyclic) bond motifs is 1. The maximum atomic E-state index is 7.25. The highest BCUT2D eigenvalue weighted by atomic mass is 16.5. The summed E-state index contributed by atoms with van der Waals surface area (Å²) in [6.45, 7) is 23.6. The van der Waals surface area contributed by atoms with Gasteiger partial charge in [-0.15, -0.1) is 12.8 Å². The zero-order valence-corrected chi connectivity index (χ0v) is 50.7. The molecule has 0 fully saturated rings. The molecule has 6 heteroatoms. The third kappa shape index (κ3) is 15.3. The second-order valence-corrected chi connectivity index (χ2v) is 22.4. The Morgan fingerprint density at radius 1 is 0.549 bits per heavy atom. The fraction of sp³-hybridized carbons (Fsp3) is 0.211. The van der Waals surface area contributed by atoms with Gasteiger partial charge in [0.25, 0.3) is 0 Å². The monoisotopic (exact) mass is 1080 g/mol. The van der Waals surface area contributed by atoms with Gasteiger partial charge in [-0.2, -0.15) is 0 Å². The van der Waals surface area contributed by atoms with Crippen LogP contribution < -0.4 is 42.2 Å². The van der Waals surface area contributed by atoms with Crippen LogP contribution >= 0.6 is 0 Å². The molecular formula is C76H84BN3O2. The van der Waals surface area contributed by atoms with Crippen molar-refractivity contribution in [2.24, 2.45) is 0 Å². The molecule has 0 aromatic heterocycles. The van der Waals surface area contributed by atoms with Crippen molar-refractivity contribution in [3.63, 3.8) is 0 Å². The molecule has 0 amide bonds. The van der Waals surface area contributed by atoms with Crippen LogP contribution in [0.25, 0.3) is 27.5 Å². The smallest absolute Gasteiger partial charge is 0.246 e. The zero-order chi connectivity index (χ0) is 59.6. The van der Waals surface area contributed by atoms with Crippen molar-refractivity contribution in [1.29, 1.82) is 0 Å². The van der Waals surface area contributed by atoms with E-state index in [2.05, 4.69) is 249 Å². The predicted molar refractivity (Wildman–Crippen MR) is 360 cm³/mol. The van der Waals surface area contributed by atoms with Crippen molar-refractivity contribution in [3.05, 3.63) is 258 Å². The van der Waals surface area contributed by atoms with Crippen molar-refractivity contribution in [3.8, 4) is 35.5 Å². The molecule has 9 aromatic carbocycles. The molecule has 0 spiro atoms. The Kier molecular flexibility index (Phi) is 22.0. The van der Waals surface area contributed by atoms with Gasteiger partial charge in [-0.3, -0.25) is 0 Å². The van der Waals surface area contributed by atoms with Gasteiger partial charge in [0.2, 0.25) is 6.71 Å². The molecule has 418 valence electrons. The molecule has 0 atom stereocenters. The Morgan fingerprint density at radius 3 is 1.73 bits per heavy atom. The summed E-state index contributed by atoms with van der Waals surface area (Å²) in [4.78, 5) is 2.36. The third-order valence-electron chi connectivity index (χ3n) is 14.8. The average molecular weight is 1080 g/mol. The standard InChI is InChI=1S/C49H50BN3.C21H24O2.C4H8.C2H2/c1-33-17-23-38(24-18-33)50(43-31-37(49(5,6)7)22-29-44(43)51)42-28-27-40(32-45(42)52)53(39-25-20-36(21-26-39)48(2,3)4)46-30-19-34-13-11-12-16-41(34)47(46)35-14-9-8-10-15-35;1-5-10-17(15-18-11-6-8-13-20(18)22-3)16(2)19-12-7-9-14-21(19)23-4;1-3-4-2;1-2/h8-32H,51-52H2,1-7H3;5-14H,15H2,1-4H3;3-4H,1-2H3;1-2H/b;10-5?,17-16-;4-3-;. The second-order valence-electron chi connectivity index (χ2n) is 22.4. The quantitative estimate of drug-likeness (QED) is 0.0396. The normalized spacial score (nSPS) is 11.5. The lowest BCUT2D eigenvalue weighted by Crippen LogP contribution is -2.53. The highest BCUT2D eigenvalue weighted by Gasteiger charge is 2.29. The number of aryl methyl sites for hydroxylation is 1. The number of para-hydroxylation sites is 2. The highest BCUT2D eigenvalue weighted by molar-refractivity contribution is 6.97. The molecule has 0 aliphatic rings. The van der Waals surface area contributed by atoms with Crippen LogP contribution in [-0.2, 0) is 17.3 Å². The summed E-state index contributed by atoms with van der Waals surface area (Å²) in [5.41, 5.74) is 32.8. The van der Waals surface area contributed by atoms with E-state index in [1.54, 1.807) is 14.2 Å². The van der Waals surface area contributed by atoms with Crippen LogP contribution in [0.1, 0.15) is 97.1 Å². The number of nitrogens with zero attached hydrogens (tertiary/aromatic N) is 1. The molecule has 0 saturated heterocycles. The van der Waals surface area contributed by atoms with Crippen LogP contribution in [0.4, 0.5) is 28.4 Å². The average Bonchev–Trinajstić information content (AvgIpc) is 3.13. The summed E-state index contributed by atoms with van der Waals surface area (Å²) in [5.74, 6) is 1.81. The van der Waals surface area contributed by atoms with E-state index in [0.29, 0.717) is 5.69 Å². The highest BCUT2D eigenvalue weighted by Crippen LogP contribution is 2.45. The third-order valence-corrected chi connectivity index (χ3v) is 14.8. The number of allylic oxidation sites excluding steroid dienone is 6. The van der Waals surface area contributed by atoms with E-state index >= 15 is 0 Å². The molecule has 0 heterocycles. The molecule has 9 aromatic rings. The van der Waals surface area contributed by atoms with E-state index in [-0.39, 0.29) is 17.5 Å². The lowest BCUT2D eigenvalue weighted by molar-refractivity contribution is 0.410. The van der Waals surface area contributed by atoms with Crippen molar-refractivity contribution in [1.82, 2.24) is 0 Å². The fourth-order valence-electron chi connectivity index (χ4n) is 10.1. The summed E-state index contributed by atoms with van der Waals surface area (Å²) in [7, 11) is 3.42. The van der Waals surface area contributed by atoms with Crippen molar-refractivity contribution in [2.75, 3.05) is 30.6 Å². The number of nitrogens with two attached hydrogens (primary N) is 2. The van der Waals surface area contributed by atoms with Gasteiger partial charge in [0, 0.05) is 40.3 Å². The number of ether oxygens (including phenoxy) is 2. The molecule has 0 aliphatic heterocycles. The van der Waals surface area contributed by atoms with Gasteiger partial charge < -0.3 is 25.8 Å². The summed E-state index contributed by atoms with van der Waals surface area (Å²) >= 11 is 0. The lowest BCUT2D eigenvalue weighted by Gasteiger charge is -2.30. The molecular weight excluding hydrogens is 998 g/mol. The molecule has 0 bridgehead atoms. The number of hydrogen-bond acceptors (Lipinski definition) is 5. The van der Waals surface area contributed by atoms with E-state index in [1.165, 1.54) is 49.7 Å². The molecule has 0 radical (unpaired) electrons. The van der Waals surface area contributed by atoms with E-state index in [9.17, 15) is 0 Å². The van der Waals surface area contributed by atoms with Crippen LogP contribution in [0.3, 0.4) is 0 Å². The van der Waals surface area contributed by atoms with Gasteiger partial charge >= 0.3 is 0 Å². The number of methoxy groups -OCH3 is 2. The minimum Gasteiger partial charge on any atom is -0.496 e. The summed E-state index contributed by atoms with van der Waals surface area (Å²) in [5, 5.41) is 2.40. The number of benzene rings is 9. The van der Waals surface area contributed by atoms with Crippen LogP contribution in [0.2, 0.25) is 0 Å². The van der Waals surface area contributed by atoms with Gasteiger partial charge in [0.05, 0.1) is 19.9 Å². The van der Waals surface area contributed by atoms with Gasteiger partial charge in [-0.05, 0) is 149 Å². The number of rotatable bonds is 13. The van der Waals surface area contributed by atoms with Crippen molar-refractivity contribution in [2.45, 2.75) is 93.4 Å². The topological polar surface area (TPSA) is 73.7 Å². The Balaban J connectivity index is 0.000000310. The van der Waals surface area contributed by atoms with Crippen LogP contribution in [0.5, 0.6) is 11.5 Å². The maximum absolute atomic E-state index is 7.25. The molecule has 0 aliphatic carbocycles.